The summed E-state index contributed by atoms with van der Waals surface area (Å²) in [6.45, 7) is 3.94. The zero-order valence-corrected chi connectivity index (χ0v) is 22.2. The maximum absolute atomic E-state index is 11.6. The summed E-state index contributed by atoms with van der Waals surface area (Å²) in [6.07, 6.45) is -0.0561. The first kappa shape index (κ1) is 25.0. The standard InChI is InChI=1S/C28H26ClNO4S2/c1-16-14-35-15-22(16)17(2)34-27(33)30-23-13-24(29)36-25(23)20-5-3-18(4-6-20)19-7-9-21(10-8-19)28(11-12-28)26(31)32/h3-10,13-15,17,27,30,33H,11-12H2,1-2H3,(H,31,32)/t17-,27?/m1/s1. The summed E-state index contributed by atoms with van der Waals surface area (Å²) in [5, 5.41) is 27.2. The van der Waals surface area contributed by atoms with E-state index in [1.807, 2.05) is 67.8 Å². The number of nitrogens with one attached hydrogen (secondary N) is 1. The number of ether oxygens (including phenoxy) is 1. The lowest BCUT2D eigenvalue weighted by molar-refractivity contribution is -0.140. The van der Waals surface area contributed by atoms with Gasteiger partial charge in [-0.25, -0.2) is 0 Å². The lowest BCUT2D eigenvalue weighted by atomic mass is 9.93. The van der Waals surface area contributed by atoms with E-state index < -0.39 is 17.8 Å². The minimum absolute atomic E-state index is 0.257. The van der Waals surface area contributed by atoms with Gasteiger partial charge in [0.2, 0.25) is 6.41 Å². The van der Waals surface area contributed by atoms with Crippen molar-refractivity contribution in [3.8, 4) is 21.6 Å². The summed E-state index contributed by atoms with van der Waals surface area (Å²) in [6, 6.07) is 17.7. The highest BCUT2D eigenvalue weighted by Crippen LogP contribution is 2.48. The van der Waals surface area contributed by atoms with Gasteiger partial charge in [0, 0.05) is 0 Å². The van der Waals surface area contributed by atoms with Crippen LogP contribution in [0.5, 0.6) is 0 Å². The third-order valence-electron chi connectivity index (χ3n) is 6.72. The van der Waals surface area contributed by atoms with E-state index in [9.17, 15) is 15.0 Å². The maximum atomic E-state index is 11.6. The van der Waals surface area contributed by atoms with Crippen LogP contribution in [0.2, 0.25) is 4.34 Å². The van der Waals surface area contributed by atoms with E-state index in [0.29, 0.717) is 22.9 Å². The monoisotopic (exact) mass is 539 g/mol. The third kappa shape index (κ3) is 4.94. The number of benzene rings is 2. The van der Waals surface area contributed by atoms with Crippen molar-refractivity contribution in [3.63, 3.8) is 0 Å². The molecule has 8 heteroatoms. The van der Waals surface area contributed by atoms with Gasteiger partial charge in [-0.1, -0.05) is 60.1 Å². The molecule has 3 N–H and O–H groups in total. The molecule has 2 aromatic carbocycles. The number of aryl methyl sites for hydroxylation is 1. The number of carbonyl (C=O) groups is 1. The fraction of sp³-hybridized carbons (Fsp3) is 0.250. The summed E-state index contributed by atoms with van der Waals surface area (Å²) in [7, 11) is 0. The Bertz CT molecular complexity index is 1370. The van der Waals surface area contributed by atoms with E-state index in [4.69, 9.17) is 16.3 Å². The molecule has 0 spiro atoms. The molecule has 1 saturated carbocycles. The predicted octanol–water partition coefficient (Wildman–Crippen LogP) is 7.69. The first-order valence-corrected chi connectivity index (χ1v) is 13.8. The second-order valence-corrected chi connectivity index (χ2v) is 11.5. The Labute approximate surface area is 223 Å². The van der Waals surface area contributed by atoms with Crippen molar-refractivity contribution in [2.45, 2.75) is 44.6 Å². The van der Waals surface area contributed by atoms with Crippen molar-refractivity contribution < 1.29 is 19.7 Å². The quantitative estimate of drug-likeness (QED) is 0.190. The van der Waals surface area contributed by atoms with Crippen molar-refractivity contribution in [1.82, 2.24) is 0 Å². The SMILES string of the molecule is Cc1cscc1[C@@H](C)OC(O)Nc1cc(Cl)sc1-c1ccc(-c2ccc(C3(C(=O)O)CC3)cc2)cc1. The second-order valence-electron chi connectivity index (χ2n) is 9.12. The number of halogens is 1. The molecule has 0 radical (unpaired) electrons. The van der Waals surface area contributed by atoms with Gasteiger partial charge in [-0.15, -0.1) is 11.3 Å². The van der Waals surface area contributed by atoms with Gasteiger partial charge < -0.3 is 20.3 Å². The number of rotatable bonds is 9. The molecule has 1 unspecified atom stereocenters. The van der Waals surface area contributed by atoms with Crippen molar-refractivity contribution in [2.75, 3.05) is 5.32 Å². The van der Waals surface area contributed by atoms with Crippen LogP contribution >= 0.6 is 34.3 Å². The molecule has 1 fully saturated rings. The molecule has 5 rings (SSSR count). The number of anilines is 1. The smallest absolute Gasteiger partial charge is 0.314 e. The van der Waals surface area contributed by atoms with Crippen LogP contribution in [0.1, 0.15) is 42.6 Å². The van der Waals surface area contributed by atoms with E-state index in [2.05, 4.69) is 10.7 Å². The molecule has 0 amide bonds. The lowest BCUT2D eigenvalue weighted by Gasteiger charge is -2.20. The minimum atomic E-state index is -1.19. The van der Waals surface area contributed by atoms with Crippen LogP contribution in [-0.2, 0) is 14.9 Å². The zero-order valence-electron chi connectivity index (χ0n) is 19.8. The number of aliphatic hydroxyl groups is 1. The number of thiophene rings is 2. The Balaban J connectivity index is 1.30. The molecule has 36 heavy (non-hydrogen) atoms. The number of hydrogen-bond donors (Lipinski definition) is 3. The first-order chi connectivity index (χ1) is 17.3. The highest BCUT2D eigenvalue weighted by molar-refractivity contribution is 7.20. The largest absolute Gasteiger partial charge is 0.481 e. The van der Waals surface area contributed by atoms with Crippen LogP contribution in [0.3, 0.4) is 0 Å². The summed E-state index contributed by atoms with van der Waals surface area (Å²) in [4.78, 5) is 12.5. The average Bonchev–Trinajstić information content (AvgIpc) is 3.45. The summed E-state index contributed by atoms with van der Waals surface area (Å²) >= 11 is 9.37. The Morgan fingerprint density at radius 3 is 2.22 bits per heavy atom. The second kappa shape index (κ2) is 10.00. The number of aliphatic hydroxyl groups excluding tert-OH is 1. The molecule has 1 aliphatic carbocycles. The number of hydrogen-bond acceptors (Lipinski definition) is 6. The Hall–Kier alpha value is -2.68. The van der Waals surface area contributed by atoms with Crippen molar-refractivity contribution in [3.05, 3.63) is 86.4 Å². The summed E-state index contributed by atoms with van der Waals surface area (Å²) in [5.41, 5.74) is 6.09. The summed E-state index contributed by atoms with van der Waals surface area (Å²) in [5.74, 6) is -0.745. The van der Waals surface area contributed by atoms with Crippen molar-refractivity contribution in [2.24, 2.45) is 0 Å². The topological polar surface area (TPSA) is 78.8 Å². The van der Waals surface area contributed by atoms with E-state index >= 15 is 0 Å². The molecule has 4 aromatic rings. The molecular formula is C28H26ClNO4S2. The van der Waals surface area contributed by atoms with Crippen LogP contribution in [0.4, 0.5) is 5.69 Å². The van der Waals surface area contributed by atoms with Gasteiger partial charge in [0.1, 0.15) is 0 Å². The Morgan fingerprint density at radius 1 is 1.06 bits per heavy atom. The normalized spacial score (nSPS) is 15.9. The van der Waals surface area contributed by atoms with Crippen LogP contribution in [0.25, 0.3) is 21.6 Å². The van der Waals surface area contributed by atoms with Crippen LogP contribution in [-0.4, -0.2) is 22.6 Å². The minimum Gasteiger partial charge on any atom is -0.481 e. The van der Waals surface area contributed by atoms with E-state index in [1.165, 1.54) is 11.3 Å². The molecular weight excluding hydrogens is 514 g/mol. The van der Waals surface area contributed by atoms with Gasteiger partial charge in [-0.05, 0) is 76.9 Å². The van der Waals surface area contributed by atoms with Gasteiger partial charge in [0.05, 0.1) is 26.4 Å². The maximum Gasteiger partial charge on any atom is 0.314 e. The molecule has 186 valence electrons. The molecule has 0 bridgehead atoms. The molecule has 2 aromatic heterocycles. The molecule has 5 nitrogen and oxygen atoms in total. The molecule has 2 atom stereocenters. The van der Waals surface area contributed by atoms with E-state index in [-0.39, 0.29) is 6.10 Å². The van der Waals surface area contributed by atoms with Crippen molar-refractivity contribution in [1.29, 1.82) is 0 Å². The molecule has 2 heterocycles. The van der Waals surface area contributed by atoms with Crippen molar-refractivity contribution >= 4 is 45.9 Å². The van der Waals surface area contributed by atoms with E-state index in [1.54, 1.807) is 17.4 Å². The van der Waals surface area contributed by atoms with Gasteiger partial charge in [0.25, 0.3) is 0 Å². The summed E-state index contributed by atoms with van der Waals surface area (Å²) < 4.78 is 6.39. The number of carboxylic acids is 1. The third-order valence-corrected chi connectivity index (χ3v) is 8.92. The zero-order chi connectivity index (χ0) is 25.4. The van der Waals surface area contributed by atoms with Gasteiger partial charge in [-0.3, -0.25) is 4.79 Å². The molecule has 0 aliphatic heterocycles. The predicted molar refractivity (Wildman–Crippen MR) is 147 cm³/mol. The number of carboxylic acid groups (broad SMARTS) is 1. The average molecular weight is 540 g/mol. The van der Waals surface area contributed by atoms with Crippen LogP contribution in [0, 0.1) is 6.92 Å². The fourth-order valence-electron chi connectivity index (χ4n) is 4.45. The van der Waals surface area contributed by atoms with E-state index in [0.717, 1.165) is 38.3 Å². The Morgan fingerprint density at radius 2 is 1.67 bits per heavy atom. The lowest BCUT2D eigenvalue weighted by Crippen LogP contribution is -2.24. The molecule has 0 saturated heterocycles. The highest BCUT2D eigenvalue weighted by Gasteiger charge is 2.51. The van der Waals surface area contributed by atoms with Gasteiger partial charge >= 0.3 is 5.97 Å². The fourth-order valence-corrected chi connectivity index (χ4v) is 6.58. The van der Waals surface area contributed by atoms with Gasteiger partial charge in [-0.2, -0.15) is 11.3 Å². The first-order valence-electron chi connectivity index (χ1n) is 11.6. The van der Waals surface area contributed by atoms with Gasteiger partial charge in [0.15, 0.2) is 0 Å². The van der Waals surface area contributed by atoms with Crippen LogP contribution < -0.4 is 5.32 Å². The number of aliphatic carboxylic acids is 1. The van der Waals surface area contributed by atoms with Crippen LogP contribution in [0.15, 0.2) is 65.4 Å². The highest BCUT2D eigenvalue weighted by atomic mass is 35.5. The Kier molecular flexibility index (Phi) is 6.94. The molecule has 1 aliphatic rings.